The molecule has 1 aliphatic carbocycles. The van der Waals surface area contributed by atoms with Crippen molar-refractivity contribution in [3.05, 3.63) is 34.9 Å². The molecule has 1 aromatic rings. The standard InChI is InChI=1S/C26H38N2O4/c1-5-6-7-8-17-14-21(31-25(30)20(27)11-12-23(28)29)24-18-13-16(2)9-10-19(18)26(3,4)32-22(24)15-17/h13-15,18-20H,5-12,27H2,1-4H3,(H2,28,29)/t18?,19?,20-/m0/s1. The van der Waals surface area contributed by atoms with Gasteiger partial charge in [0, 0.05) is 23.8 Å². The number of primary amides is 1. The lowest BCUT2D eigenvalue weighted by atomic mass is 9.68. The first-order valence-corrected chi connectivity index (χ1v) is 11.9. The first kappa shape index (κ1) is 24.3. The average molecular weight is 443 g/mol. The van der Waals surface area contributed by atoms with Gasteiger partial charge in [-0.2, -0.15) is 0 Å². The van der Waals surface area contributed by atoms with Crippen LogP contribution in [-0.4, -0.2) is 23.5 Å². The summed E-state index contributed by atoms with van der Waals surface area (Å²) in [5.41, 5.74) is 14.3. The topological polar surface area (TPSA) is 105 Å². The molecule has 3 rings (SSSR count). The van der Waals surface area contributed by atoms with Crippen molar-refractivity contribution in [2.75, 3.05) is 0 Å². The number of allylic oxidation sites excluding steroid dienone is 2. The van der Waals surface area contributed by atoms with E-state index in [9.17, 15) is 9.59 Å². The molecule has 176 valence electrons. The lowest BCUT2D eigenvalue weighted by Gasteiger charge is -2.46. The molecule has 1 aliphatic heterocycles. The van der Waals surface area contributed by atoms with Gasteiger partial charge in [0.15, 0.2) is 0 Å². The second-order valence-corrected chi connectivity index (χ2v) is 9.88. The highest BCUT2D eigenvalue weighted by Gasteiger charge is 2.45. The van der Waals surface area contributed by atoms with Crippen LogP contribution < -0.4 is 20.9 Å². The number of ether oxygens (including phenoxy) is 2. The molecule has 0 saturated heterocycles. The van der Waals surface area contributed by atoms with E-state index in [0.717, 1.165) is 55.4 Å². The van der Waals surface area contributed by atoms with Gasteiger partial charge in [0.05, 0.1) is 0 Å². The van der Waals surface area contributed by atoms with E-state index in [1.165, 1.54) is 5.57 Å². The quantitative estimate of drug-likeness (QED) is 0.253. The van der Waals surface area contributed by atoms with Gasteiger partial charge in [-0.05, 0) is 70.6 Å². The van der Waals surface area contributed by atoms with Crippen LogP contribution in [0.2, 0.25) is 0 Å². The van der Waals surface area contributed by atoms with Crippen LogP contribution in [0.15, 0.2) is 23.8 Å². The zero-order chi connectivity index (χ0) is 23.5. The monoisotopic (exact) mass is 442 g/mol. The molecule has 0 bridgehead atoms. The number of carbonyl (C=O) groups excluding carboxylic acids is 2. The Morgan fingerprint density at radius 3 is 2.72 bits per heavy atom. The summed E-state index contributed by atoms with van der Waals surface area (Å²) in [6.45, 7) is 8.63. The van der Waals surface area contributed by atoms with Crippen molar-refractivity contribution in [1.82, 2.24) is 0 Å². The number of unbranched alkanes of at least 4 members (excludes halogenated alkanes) is 2. The number of amides is 1. The average Bonchev–Trinajstić information content (AvgIpc) is 2.71. The van der Waals surface area contributed by atoms with Gasteiger partial charge in [0.1, 0.15) is 23.1 Å². The predicted molar refractivity (Wildman–Crippen MR) is 126 cm³/mol. The van der Waals surface area contributed by atoms with E-state index in [4.69, 9.17) is 20.9 Å². The molecule has 1 amide bonds. The van der Waals surface area contributed by atoms with E-state index in [0.29, 0.717) is 11.7 Å². The van der Waals surface area contributed by atoms with Gasteiger partial charge in [-0.1, -0.05) is 31.4 Å². The molecule has 2 aliphatic rings. The number of fused-ring (bicyclic) bond motifs is 3. The van der Waals surface area contributed by atoms with Gasteiger partial charge in [0.25, 0.3) is 0 Å². The third kappa shape index (κ3) is 5.52. The number of rotatable bonds is 9. The molecule has 0 radical (unpaired) electrons. The molecule has 6 heteroatoms. The number of carbonyl (C=O) groups is 2. The van der Waals surface area contributed by atoms with E-state index in [1.54, 1.807) is 0 Å². The Morgan fingerprint density at radius 2 is 2.03 bits per heavy atom. The molecule has 0 spiro atoms. The van der Waals surface area contributed by atoms with Crippen molar-refractivity contribution in [1.29, 1.82) is 0 Å². The fraction of sp³-hybridized carbons (Fsp3) is 0.615. The first-order chi connectivity index (χ1) is 15.1. The Labute approximate surface area is 191 Å². The maximum absolute atomic E-state index is 12.8. The third-order valence-electron chi connectivity index (χ3n) is 6.79. The van der Waals surface area contributed by atoms with Gasteiger partial charge in [-0.15, -0.1) is 0 Å². The van der Waals surface area contributed by atoms with Gasteiger partial charge in [-0.3, -0.25) is 4.79 Å². The van der Waals surface area contributed by atoms with Crippen molar-refractivity contribution in [3.63, 3.8) is 0 Å². The van der Waals surface area contributed by atoms with Crippen molar-refractivity contribution >= 4 is 11.9 Å². The zero-order valence-corrected chi connectivity index (χ0v) is 19.9. The Balaban J connectivity index is 1.99. The second kappa shape index (κ2) is 10.1. The molecule has 0 fully saturated rings. The molecule has 2 unspecified atom stereocenters. The highest BCUT2D eigenvalue weighted by atomic mass is 16.5. The normalized spacial score (nSPS) is 22.1. The van der Waals surface area contributed by atoms with Crippen LogP contribution >= 0.6 is 0 Å². The second-order valence-electron chi connectivity index (χ2n) is 9.88. The highest BCUT2D eigenvalue weighted by Crippen LogP contribution is 2.53. The van der Waals surface area contributed by atoms with Crippen LogP contribution in [0.3, 0.4) is 0 Å². The highest BCUT2D eigenvalue weighted by molar-refractivity contribution is 5.80. The number of hydrogen-bond acceptors (Lipinski definition) is 5. The lowest BCUT2D eigenvalue weighted by molar-refractivity contribution is -0.136. The number of nitrogens with two attached hydrogens (primary N) is 2. The van der Waals surface area contributed by atoms with E-state index in [-0.39, 0.29) is 24.4 Å². The van der Waals surface area contributed by atoms with E-state index >= 15 is 0 Å². The molecule has 0 saturated carbocycles. The minimum Gasteiger partial charge on any atom is -0.487 e. The van der Waals surface area contributed by atoms with Crippen LogP contribution in [0.5, 0.6) is 11.5 Å². The SMILES string of the molecule is CCCCCc1cc(OC(=O)[C@@H](N)CCC(N)=O)c2c(c1)OC(C)(C)C1CCC(C)=CC21. The van der Waals surface area contributed by atoms with Gasteiger partial charge < -0.3 is 20.9 Å². The van der Waals surface area contributed by atoms with E-state index in [2.05, 4.69) is 39.8 Å². The van der Waals surface area contributed by atoms with Gasteiger partial charge in [-0.25, -0.2) is 4.79 Å². The fourth-order valence-corrected chi connectivity index (χ4v) is 4.97. The summed E-state index contributed by atoms with van der Waals surface area (Å²) in [6.07, 6.45) is 8.84. The fourth-order valence-electron chi connectivity index (χ4n) is 4.97. The van der Waals surface area contributed by atoms with Crippen molar-refractivity contribution in [2.45, 2.75) is 96.6 Å². The van der Waals surface area contributed by atoms with Crippen molar-refractivity contribution < 1.29 is 19.1 Å². The Hall–Kier alpha value is -2.34. The minimum atomic E-state index is -0.901. The molecule has 6 nitrogen and oxygen atoms in total. The first-order valence-electron chi connectivity index (χ1n) is 11.9. The molecule has 1 heterocycles. The largest absolute Gasteiger partial charge is 0.487 e. The molecule has 32 heavy (non-hydrogen) atoms. The molecule has 3 atom stereocenters. The van der Waals surface area contributed by atoms with Crippen LogP contribution in [0.1, 0.15) is 89.7 Å². The summed E-state index contributed by atoms with van der Waals surface area (Å²) in [6, 6.07) is 3.19. The van der Waals surface area contributed by atoms with Crippen LogP contribution in [0.4, 0.5) is 0 Å². The summed E-state index contributed by atoms with van der Waals surface area (Å²) >= 11 is 0. The van der Waals surface area contributed by atoms with E-state index in [1.807, 2.05) is 6.07 Å². The maximum atomic E-state index is 12.8. The molecule has 4 N–H and O–H groups in total. The Morgan fingerprint density at radius 1 is 1.28 bits per heavy atom. The van der Waals surface area contributed by atoms with Crippen LogP contribution in [0, 0.1) is 5.92 Å². The van der Waals surface area contributed by atoms with Crippen LogP contribution in [-0.2, 0) is 16.0 Å². The minimum absolute atomic E-state index is 0.0510. The molecular formula is C26H38N2O4. The third-order valence-corrected chi connectivity index (χ3v) is 6.79. The number of benzene rings is 1. The number of esters is 1. The summed E-state index contributed by atoms with van der Waals surface area (Å²) in [7, 11) is 0. The van der Waals surface area contributed by atoms with Gasteiger partial charge >= 0.3 is 5.97 Å². The summed E-state index contributed by atoms with van der Waals surface area (Å²) in [5, 5.41) is 0. The van der Waals surface area contributed by atoms with Crippen molar-refractivity contribution in [3.8, 4) is 11.5 Å². The van der Waals surface area contributed by atoms with E-state index < -0.39 is 17.9 Å². The zero-order valence-electron chi connectivity index (χ0n) is 19.9. The summed E-state index contributed by atoms with van der Waals surface area (Å²) in [4.78, 5) is 23.9. The molecule has 0 aromatic heterocycles. The Bertz CT molecular complexity index is 890. The Kier molecular flexibility index (Phi) is 7.65. The molecule has 1 aromatic carbocycles. The van der Waals surface area contributed by atoms with Crippen LogP contribution in [0.25, 0.3) is 0 Å². The number of hydrogen-bond donors (Lipinski definition) is 2. The summed E-state index contributed by atoms with van der Waals surface area (Å²) in [5.74, 6) is 0.721. The maximum Gasteiger partial charge on any atom is 0.328 e. The number of aryl methyl sites for hydroxylation is 1. The lowest BCUT2D eigenvalue weighted by Crippen LogP contribution is -2.45. The van der Waals surface area contributed by atoms with Gasteiger partial charge in [0.2, 0.25) is 5.91 Å². The van der Waals surface area contributed by atoms with Crippen molar-refractivity contribution in [2.24, 2.45) is 17.4 Å². The molecular weight excluding hydrogens is 404 g/mol. The predicted octanol–water partition coefficient (Wildman–Crippen LogP) is 4.53. The summed E-state index contributed by atoms with van der Waals surface area (Å²) < 4.78 is 12.4. The smallest absolute Gasteiger partial charge is 0.328 e.